The van der Waals surface area contributed by atoms with Crippen LogP contribution in [0, 0.1) is 0 Å². The molecule has 0 saturated heterocycles. The molecule has 6 nitrogen and oxygen atoms in total. The van der Waals surface area contributed by atoms with E-state index in [9.17, 15) is 9.59 Å². The lowest BCUT2D eigenvalue weighted by Crippen LogP contribution is -2.49. The molecular formula is C23H29NO5S2. The summed E-state index contributed by atoms with van der Waals surface area (Å²) in [7, 11) is 3.21. The van der Waals surface area contributed by atoms with Crippen LogP contribution < -0.4 is 14.8 Å². The van der Waals surface area contributed by atoms with Crippen LogP contribution in [0.4, 0.5) is 0 Å². The number of amides is 1. The Kier molecular flexibility index (Phi) is 9.58. The van der Waals surface area contributed by atoms with Crippen molar-refractivity contribution >= 4 is 36.3 Å². The predicted molar refractivity (Wildman–Crippen MR) is 127 cm³/mol. The smallest absolute Gasteiger partial charge is 0.329 e. The third-order valence-corrected chi connectivity index (χ3v) is 6.37. The molecule has 0 saturated carbocycles. The van der Waals surface area contributed by atoms with Crippen molar-refractivity contribution in [2.45, 2.75) is 37.0 Å². The molecule has 2 aromatic rings. The van der Waals surface area contributed by atoms with Crippen LogP contribution >= 0.6 is 24.4 Å². The van der Waals surface area contributed by atoms with E-state index in [4.69, 9.17) is 14.2 Å². The van der Waals surface area contributed by atoms with Crippen LogP contribution in [-0.2, 0) is 26.7 Å². The van der Waals surface area contributed by atoms with Gasteiger partial charge in [0.2, 0.25) is 5.91 Å². The van der Waals surface area contributed by atoms with E-state index in [-0.39, 0.29) is 18.3 Å². The van der Waals surface area contributed by atoms with Gasteiger partial charge in [0.25, 0.3) is 0 Å². The first-order valence-corrected chi connectivity index (χ1v) is 11.4. The van der Waals surface area contributed by atoms with E-state index in [2.05, 4.69) is 17.9 Å². The molecule has 8 heteroatoms. The van der Waals surface area contributed by atoms with E-state index in [1.165, 1.54) is 11.8 Å². The number of benzene rings is 2. The number of rotatable bonds is 11. The molecule has 1 atom stereocenters. The zero-order chi connectivity index (χ0) is 22.9. The second kappa shape index (κ2) is 11.9. The van der Waals surface area contributed by atoms with E-state index < -0.39 is 16.8 Å². The number of hydrogen-bond donors (Lipinski definition) is 2. The predicted octanol–water partition coefficient (Wildman–Crippen LogP) is 3.87. The monoisotopic (exact) mass is 463 g/mol. The molecule has 2 aromatic carbocycles. The number of thiol groups is 1. The number of ether oxygens (including phenoxy) is 3. The molecule has 0 radical (unpaired) electrons. The van der Waals surface area contributed by atoms with Crippen LogP contribution in [0.2, 0.25) is 0 Å². The Bertz CT molecular complexity index is 853. The van der Waals surface area contributed by atoms with Crippen molar-refractivity contribution in [3.8, 4) is 11.5 Å². The van der Waals surface area contributed by atoms with Crippen molar-refractivity contribution in [3.63, 3.8) is 0 Å². The second-order valence-corrected chi connectivity index (χ2v) is 9.27. The first-order valence-electron chi connectivity index (χ1n) is 9.77. The first-order chi connectivity index (χ1) is 14.8. The first kappa shape index (κ1) is 24.9. The number of hydrogen-bond acceptors (Lipinski definition) is 7. The zero-order valence-corrected chi connectivity index (χ0v) is 19.9. The standard InChI is InChI=1S/C23H29NO5S2/c1-23(2,31-15-17-7-11-19(28-4)12-8-17)22(26)24-20(14-30)21(25)29-13-16-5-9-18(27-3)10-6-16/h5-12,20,30H,13-15H2,1-4H3,(H,24,26). The average Bonchev–Trinajstić information content (AvgIpc) is 2.80. The van der Waals surface area contributed by atoms with Gasteiger partial charge in [0.05, 0.1) is 19.0 Å². The Hall–Kier alpha value is -2.32. The summed E-state index contributed by atoms with van der Waals surface area (Å²) in [6.07, 6.45) is 0. The van der Waals surface area contributed by atoms with Crippen LogP contribution in [0.5, 0.6) is 11.5 Å². The minimum atomic E-state index is -0.824. The maximum atomic E-state index is 12.8. The van der Waals surface area contributed by atoms with Crippen molar-refractivity contribution in [2.24, 2.45) is 0 Å². The van der Waals surface area contributed by atoms with Crippen LogP contribution in [-0.4, -0.2) is 42.6 Å². The molecule has 1 amide bonds. The van der Waals surface area contributed by atoms with Gasteiger partial charge in [-0.25, -0.2) is 4.79 Å². The van der Waals surface area contributed by atoms with Crippen molar-refractivity contribution in [3.05, 3.63) is 59.7 Å². The number of esters is 1. The number of carbonyl (C=O) groups excluding carboxylic acids is 2. The van der Waals surface area contributed by atoms with Gasteiger partial charge in [-0.3, -0.25) is 4.79 Å². The Morgan fingerprint density at radius 1 is 0.968 bits per heavy atom. The fourth-order valence-electron chi connectivity index (χ4n) is 2.54. The SMILES string of the molecule is COc1ccc(COC(=O)C(CS)NC(=O)C(C)(C)SCc2ccc(OC)cc2)cc1. The quantitative estimate of drug-likeness (QED) is 0.389. The number of thioether (sulfide) groups is 1. The van der Waals surface area contributed by atoms with Crippen LogP contribution in [0.3, 0.4) is 0 Å². The van der Waals surface area contributed by atoms with Crippen molar-refractivity contribution in [1.29, 1.82) is 0 Å². The molecule has 0 bridgehead atoms. The molecule has 0 aliphatic heterocycles. The molecule has 0 aliphatic carbocycles. The fraction of sp³-hybridized carbons (Fsp3) is 0.391. The highest BCUT2D eigenvalue weighted by Gasteiger charge is 2.32. The minimum Gasteiger partial charge on any atom is -0.497 e. The van der Waals surface area contributed by atoms with E-state index in [0.717, 1.165) is 22.6 Å². The Morgan fingerprint density at radius 2 is 1.48 bits per heavy atom. The molecule has 31 heavy (non-hydrogen) atoms. The molecule has 0 fully saturated rings. The van der Waals surface area contributed by atoms with Crippen LogP contribution in [0.15, 0.2) is 48.5 Å². The highest BCUT2D eigenvalue weighted by atomic mass is 32.2. The molecule has 0 spiro atoms. The summed E-state index contributed by atoms with van der Waals surface area (Å²) in [5.41, 5.74) is 1.91. The summed E-state index contributed by atoms with van der Waals surface area (Å²) >= 11 is 5.70. The largest absolute Gasteiger partial charge is 0.497 e. The summed E-state index contributed by atoms with van der Waals surface area (Å²) < 4.78 is 14.9. The zero-order valence-electron chi connectivity index (χ0n) is 18.2. The average molecular weight is 464 g/mol. The summed E-state index contributed by atoms with van der Waals surface area (Å²) in [6.45, 7) is 3.77. The lowest BCUT2D eigenvalue weighted by atomic mass is 10.1. The molecule has 1 unspecified atom stereocenters. The van der Waals surface area contributed by atoms with Gasteiger partial charge in [0.1, 0.15) is 24.1 Å². The second-order valence-electron chi connectivity index (χ2n) is 7.31. The van der Waals surface area contributed by atoms with E-state index in [1.54, 1.807) is 26.4 Å². The maximum Gasteiger partial charge on any atom is 0.329 e. The van der Waals surface area contributed by atoms with Gasteiger partial charge in [-0.15, -0.1) is 11.8 Å². The van der Waals surface area contributed by atoms with Gasteiger partial charge >= 0.3 is 5.97 Å². The van der Waals surface area contributed by atoms with Crippen molar-refractivity contribution < 1.29 is 23.8 Å². The van der Waals surface area contributed by atoms with Gasteiger partial charge in [-0.05, 0) is 49.2 Å². The summed E-state index contributed by atoms with van der Waals surface area (Å²) in [4.78, 5) is 25.2. The van der Waals surface area contributed by atoms with Gasteiger partial charge in [-0.2, -0.15) is 12.6 Å². The number of methoxy groups -OCH3 is 2. The van der Waals surface area contributed by atoms with Gasteiger partial charge in [0, 0.05) is 11.5 Å². The molecule has 0 aliphatic rings. The maximum absolute atomic E-state index is 12.8. The van der Waals surface area contributed by atoms with E-state index in [0.29, 0.717) is 5.75 Å². The summed E-state index contributed by atoms with van der Waals surface area (Å²) in [5, 5.41) is 2.77. The molecule has 1 N–H and O–H groups in total. The number of nitrogens with one attached hydrogen (secondary N) is 1. The van der Waals surface area contributed by atoms with Crippen molar-refractivity contribution in [1.82, 2.24) is 5.32 Å². The highest BCUT2D eigenvalue weighted by Crippen LogP contribution is 2.29. The molecule has 168 valence electrons. The van der Waals surface area contributed by atoms with Gasteiger partial charge < -0.3 is 19.5 Å². The fourth-order valence-corrected chi connectivity index (χ4v) is 3.69. The summed E-state index contributed by atoms with van der Waals surface area (Å²) in [5.74, 6) is 1.55. The molecule has 0 heterocycles. The van der Waals surface area contributed by atoms with E-state index in [1.807, 2.05) is 50.2 Å². The lowest BCUT2D eigenvalue weighted by molar-refractivity contribution is -0.148. The van der Waals surface area contributed by atoms with Gasteiger partial charge in [-0.1, -0.05) is 24.3 Å². The molecular weight excluding hydrogens is 434 g/mol. The Labute approximate surface area is 193 Å². The molecule has 2 rings (SSSR count). The Balaban J connectivity index is 1.87. The lowest BCUT2D eigenvalue weighted by Gasteiger charge is -2.26. The van der Waals surface area contributed by atoms with Crippen LogP contribution in [0.1, 0.15) is 25.0 Å². The minimum absolute atomic E-state index is 0.110. The normalized spacial score (nSPS) is 12.0. The van der Waals surface area contributed by atoms with Crippen LogP contribution in [0.25, 0.3) is 0 Å². The number of carbonyl (C=O) groups is 2. The van der Waals surface area contributed by atoms with Crippen molar-refractivity contribution in [2.75, 3.05) is 20.0 Å². The topological polar surface area (TPSA) is 73.9 Å². The van der Waals surface area contributed by atoms with E-state index >= 15 is 0 Å². The van der Waals surface area contributed by atoms with Gasteiger partial charge in [0.15, 0.2) is 0 Å². The summed E-state index contributed by atoms with van der Waals surface area (Å²) in [6, 6.07) is 14.1. The third-order valence-electron chi connectivity index (χ3n) is 4.62. The third kappa shape index (κ3) is 7.70. The highest BCUT2D eigenvalue weighted by molar-refractivity contribution is 8.00. The Morgan fingerprint density at radius 3 is 1.97 bits per heavy atom. The molecule has 0 aromatic heterocycles.